The number of pyridine rings is 1. The molecule has 164 valence electrons. The first-order valence-electron chi connectivity index (χ1n) is 11.6. The van der Waals surface area contributed by atoms with Gasteiger partial charge in [0.05, 0.1) is 5.56 Å². The van der Waals surface area contributed by atoms with Gasteiger partial charge in [0.15, 0.2) is 0 Å². The van der Waals surface area contributed by atoms with E-state index in [0.29, 0.717) is 18.0 Å². The normalized spacial score (nSPS) is 17.1. The molecule has 0 spiro atoms. The number of likely N-dealkylation sites (tertiary alicyclic amines) is 1. The fourth-order valence-electron chi connectivity index (χ4n) is 5.10. The Morgan fingerprint density at radius 1 is 1.09 bits per heavy atom. The van der Waals surface area contributed by atoms with Crippen molar-refractivity contribution in [1.29, 1.82) is 0 Å². The van der Waals surface area contributed by atoms with Crippen LogP contribution in [0.2, 0.25) is 0 Å². The highest BCUT2D eigenvalue weighted by Crippen LogP contribution is 2.30. The van der Waals surface area contributed by atoms with Gasteiger partial charge in [-0.25, -0.2) is 0 Å². The van der Waals surface area contributed by atoms with Crippen molar-refractivity contribution in [2.45, 2.75) is 32.9 Å². The van der Waals surface area contributed by atoms with Gasteiger partial charge in [-0.1, -0.05) is 24.3 Å². The van der Waals surface area contributed by atoms with E-state index in [1.165, 1.54) is 33.8 Å². The van der Waals surface area contributed by atoms with Crippen LogP contribution in [0.1, 0.15) is 35.7 Å². The van der Waals surface area contributed by atoms with Crippen LogP contribution in [-0.4, -0.2) is 40.0 Å². The highest BCUT2D eigenvalue weighted by Gasteiger charge is 2.21. The number of hydrogen-bond acceptors (Lipinski definition) is 3. The number of aromatic nitrogens is 2. The quantitative estimate of drug-likeness (QED) is 0.479. The molecule has 32 heavy (non-hydrogen) atoms. The number of benzene rings is 2. The molecule has 1 N–H and O–H groups in total. The van der Waals surface area contributed by atoms with Gasteiger partial charge in [0.2, 0.25) is 0 Å². The molecular formula is C27H30N4O. The first-order chi connectivity index (χ1) is 15.7. The zero-order chi connectivity index (χ0) is 21.9. The largest absolute Gasteiger partial charge is 0.352 e. The third-order valence-electron chi connectivity index (χ3n) is 6.64. The van der Waals surface area contributed by atoms with Gasteiger partial charge in [0.1, 0.15) is 0 Å². The van der Waals surface area contributed by atoms with Gasteiger partial charge in [-0.15, -0.1) is 0 Å². The predicted octanol–water partition coefficient (Wildman–Crippen LogP) is 4.85. The van der Waals surface area contributed by atoms with Gasteiger partial charge in [0.25, 0.3) is 5.91 Å². The number of nitrogens with one attached hydrogen (secondary N) is 1. The second kappa shape index (κ2) is 9.13. The van der Waals surface area contributed by atoms with Crippen LogP contribution >= 0.6 is 0 Å². The molecule has 0 saturated carbocycles. The summed E-state index contributed by atoms with van der Waals surface area (Å²) in [5.74, 6) is 0.447. The first kappa shape index (κ1) is 20.7. The average molecular weight is 427 g/mol. The minimum absolute atomic E-state index is 0.0343. The molecule has 0 aliphatic carbocycles. The number of fused-ring (bicyclic) bond motifs is 3. The van der Waals surface area contributed by atoms with E-state index in [1.807, 2.05) is 0 Å². The molecule has 3 heterocycles. The maximum absolute atomic E-state index is 12.4. The lowest BCUT2D eigenvalue weighted by Gasteiger charge is -2.33. The van der Waals surface area contributed by atoms with Crippen molar-refractivity contribution in [2.24, 2.45) is 5.92 Å². The van der Waals surface area contributed by atoms with Gasteiger partial charge < -0.3 is 9.88 Å². The maximum atomic E-state index is 12.4. The summed E-state index contributed by atoms with van der Waals surface area (Å²) >= 11 is 0. The fourth-order valence-corrected chi connectivity index (χ4v) is 5.10. The van der Waals surface area contributed by atoms with Gasteiger partial charge in [-0.2, -0.15) is 0 Å². The lowest BCUT2D eigenvalue weighted by molar-refractivity contribution is 0.0930. The van der Waals surface area contributed by atoms with Crippen LogP contribution in [0.15, 0.2) is 67.0 Å². The smallest absolute Gasteiger partial charge is 0.252 e. The highest BCUT2D eigenvalue weighted by molar-refractivity contribution is 6.08. The Labute approximate surface area is 189 Å². The van der Waals surface area contributed by atoms with Crippen LogP contribution < -0.4 is 5.32 Å². The Hall–Kier alpha value is -3.18. The predicted molar refractivity (Wildman–Crippen MR) is 130 cm³/mol. The molecule has 5 rings (SSSR count). The number of hydrogen-bond donors (Lipinski definition) is 1. The summed E-state index contributed by atoms with van der Waals surface area (Å²) in [4.78, 5) is 18.9. The van der Waals surface area contributed by atoms with Gasteiger partial charge in [-0.05, 0) is 68.1 Å². The zero-order valence-corrected chi connectivity index (χ0v) is 18.6. The number of para-hydroxylation sites is 1. The molecule has 5 heteroatoms. The lowest BCUT2D eigenvalue weighted by atomic mass is 9.97. The summed E-state index contributed by atoms with van der Waals surface area (Å²) in [6.07, 6.45) is 5.64. The Bertz CT molecular complexity index is 1230. The number of piperidine rings is 1. The lowest BCUT2D eigenvalue weighted by Crippen LogP contribution is -2.40. The summed E-state index contributed by atoms with van der Waals surface area (Å²) in [7, 11) is 0. The van der Waals surface area contributed by atoms with E-state index in [9.17, 15) is 4.79 Å². The second-order valence-corrected chi connectivity index (χ2v) is 8.81. The van der Waals surface area contributed by atoms with Crippen LogP contribution in [0, 0.1) is 5.92 Å². The zero-order valence-electron chi connectivity index (χ0n) is 18.6. The van der Waals surface area contributed by atoms with Crippen LogP contribution in [0.25, 0.3) is 21.8 Å². The Morgan fingerprint density at radius 2 is 1.97 bits per heavy atom. The Kier molecular flexibility index (Phi) is 5.91. The van der Waals surface area contributed by atoms with Crippen LogP contribution in [-0.2, 0) is 13.1 Å². The van der Waals surface area contributed by atoms with Gasteiger partial charge in [-0.3, -0.25) is 14.7 Å². The number of amides is 1. The maximum Gasteiger partial charge on any atom is 0.252 e. The van der Waals surface area contributed by atoms with Crippen molar-refractivity contribution in [3.63, 3.8) is 0 Å². The molecule has 5 nitrogen and oxygen atoms in total. The van der Waals surface area contributed by atoms with Crippen LogP contribution in [0.5, 0.6) is 0 Å². The summed E-state index contributed by atoms with van der Waals surface area (Å²) in [6, 6.07) is 19.2. The third-order valence-corrected chi connectivity index (χ3v) is 6.64. The molecule has 0 bridgehead atoms. The average Bonchev–Trinajstić information content (AvgIpc) is 3.16. The van der Waals surface area contributed by atoms with E-state index in [-0.39, 0.29) is 5.91 Å². The minimum Gasteiger partial charge on any atom is -0.352 e. The number of aryl methyl sites for hydroxylation is 1. The summed E-state index contributed by atoms with van der Waals surface area (Å²) in [5.41, 5.74) is 4.60. The molecule has 4 aromatic rings. The van der Waals surface area contributed by atoms with Crippen molar-refractivity contribution in [1.82, 2.24) is 19.8 Å². The third kappa shape index (κ3) is 4.13. The number of rotatable bonds is 6. The molecule has 1 aliphatic heterocycles. The molecule has 1 amide bonds. The molecule has 1 unspecified atom stereocenters. The van der Waals surface area contributed by atoms with Crippen LogP contribution in [0.4, 0.5) is 0 Å². The topological polar surface area (TPSA) is 50.2 Å². The van der Waals surface area contributed by atoms with Gasteiger partial charge in [0, 0.05) is 60.4 Å². The summed E-state index contributed by atoms with van der Waals surface area (Å²) in [6.45, 7) is 6.98. The van der Waals surface area contributed by atoms with E-state index in [2.05, 4.69) is 69.2 Å². The van der Waals surface area contributed by atoms with Crippen molar-refractivity contribution in [3.8, 4) is 0 Å². The number of nitrogens with zero attached hydrogens (tertiary/aromatic N) is 3. The molecule has 0 radical (unpaired) electrons. The number of carbonyl (C=O) groups is 1. The molecule has 2 aromatic carbocycles. The van der Waals surface area contributed by atoms with E-state index in [0.717, 1.165) is 32.6 Å². The molecule has 1 saturated heterocycles. The summed E-state index contributed by atoms with van der Waals surface area (Å²) < 4.78 is 2.40. The highest BCUT2D eigenvalue weighted by atomic mass is 16.1. The van der Waals surface area contributed by atoms with E-state index in [4.69, 9.17) is 0 Å². The van der Waals surface area contributed by atoms with E-state index in [1.54, 1.807) is 24.5 Å². The van der Waals surface area contributed by atoms with Crippen molar-refractivity contribution >= 4 is 27.7 Å². The first-order valence-corrected chi connectivity index (χ1v) is 11.6. The minimum atomic E-state index is -0.0343. The fraction of sp³-hybridized carbons (Fsp3) is 0.333. The van der Waals surface area contributed by atoms with Crippen LogP contribution in [0.3, 0.4) is 0 Å². The van der Waals surface area contributed by atoms with E-state index < -0.39 is 0 Å². The Morgan fingerprint density at radius 3 is 2.81 bits per heavy atom. The van der Waals surface area contributed by atoms with Crippen molar-refractivity contribution in [2.75, 3.05) is 19.6 Å². The summed E-state index contributed by atoms with van der Waals surface area (Å²) in [5, 5.41) is 5.78. The van der Waals surface area contributed by atoms with Crippen molar-refractivity contribution in [3.05, 3.63) is 78.1 Å². The van der Waals surface area contributed by atoms with Gasteiger partial charge >= 0.3 is 0 Å². The molecule has 1 aliphatic rings. The molecule has 1 atom stereocenters. The second-order valence-electron chi connectivity index (χ2n) is 8.81. The number of carbonyl (C=O) groups excluding carboxylic acids is 1. The SMILES string of the molecule is CCn1c2ccccc2c2cc(CN3CCCC(CNC(=O)c4cccnc4)C3)ccc21. The Balaban J connectivity index is 1.27. The molecule has 2 aromatic heterocycles. The molecule has 1 fully saturated rings. The monoisotopic (exact) mass is 426 g/mol. The molecular weight excluding hydrogens is 396 g/mol. The standard InChI is InChI=1S/C27H30N4O/c1-2-31-25-10-4-3-9-23(25)24-15-20(11-12-26(24)31)18-30-14-6-7-21(19-30)16-29-27(32)22-8-5-13-28-17-22/h3-5,8-13,15,17,21H,2,6-7,14,16,18-19H2,1H3,(H,29,32). The van der Waals surface area contributed by atoms with E-state index >= 15 is 0 Å². The van der Waals surface area contributed by atoms with Crippen molar-refractivity contribution < 1.29 is 4.79 Å².